The van der Waals surface area contributed by atoms with Gasteiger partial charge in [0.2, 0.25) is 0 Å². The van der Waals surface area contributed by atoms with E-state index in [1.54, 1.807) is 48.8 Å². The third kappa shape index (κ3) is 4.67. The number of carbonyl (C=O) groups is 2. The lowest BCUT2D eigenvalue weighted by atomic mass is 9.85. The van der Waals surface area contributed by atoms with Crippen LogP contribution in [0.15, 0.2) is 72.6 Å². The summed E-state index contributed by atoms with van der Waals surface area (Å²) in [5, 5.41) is 11.5. The van der Waals surface area contributed by atoms with Crippen LogP contribution in [0.3, 0.4) is 0 Å². The molecule has 1 aliphatic heterocycles. The second kappa shape index (κ2) is 9.33. The van der Waals surface area contributed by atoms with Crippen LogP contribution in [0.5, 0.6) is 5.75 Å². The van der Waals surface area contributed by atoms with E-state index >= 15 is 0 Å². The van der Waals surface area contributed by atoms with Gasteiger partial charge in [0.25, 0.3) is 11.7 Å². The summed E-state index contributed by atoms with van der Waals surface area (Å²) in [5.74, 6) is -1.87. The Morgan fingerprint density at radius 1 is 1.06 bits per heavy atom. The second-order valence-electron chi connectivity index (χ2n) is 9.50. The number of aliphatic hydroxyl groups excluding tert-OH is 1. The molecule has 1 aromatic heterocycles. The Bertz CT molecular complexity index is 1290. The van der Waals surface area contributed by atoms with Crippen molar-refractivity contribution in [2.75, 3.05) is 7.11 Å². The third-order valence-electron chi connectivity index (χ3n) is 6.15. The van der Waals surface area contributed by atoms with Crippen molar-refractivity contribution in [2.24, 2.45) is 0 Å². The van der Waals surface area contributed by atoms with Gasteiger partial charge in [0.1, 0.15) is 17.3 Å². The van der Waals surface area contributed by atoms with E-state index in [0.717, 1.165) is 5.56 Å². The topological polar surface area (TPSA) is 79.7 Å². The molecule has 1 unspecified atom stereocenters. The Morgan fingerprint density at radius 2 is 1.71 bits per heavy atom. The lowest BCUT2D eigenvalue weighted by molar-refractivity contribution is -0.140. The van der Waals surface area contributed by atoms with Crippen molar-refractivity contribution in [2.45, 2.75) is 38.8 Å². The predicted molar refractivity (Wildman–Crippen MR) is 130 cm³/mol. The highest BCUT2D eigenvalue weighted by Crippen LogP contribution is 2.42. The van der Waals surface area contributed by atoms with Gasteiger partial charge in [0.05, 0.1) is 24.3 Å². The molecule has 1 N–H and O–H groups in total. The fourth-order valence-electron chi connectivity index (χ4n) is 4.23. The number of hydrogen-bond donors (Lipinski definition) is 1. The number of aromatic nitrogens is 1. The zero-order chi connectivity index (χ0) is 25.3. The second-order valence-corrected chi connectivity index (χ2v) is 9.50. The maximum absolute atomic E-state index is 13.4. The summed E-state index contributed by atoms with van der Waals surface area (Å²) in [5.41, 5.74) is 2.28. The molecule has 4 rings (SSSR count). The number of pyridine rings is 1. The van der Waals surface area contributed by atoms with Gasteiger partial charge < -0.3 is 14.7 Å². The number of ketones is 1. The van der Waals surface area contributed by atoms with Gasteiger partial charge in [-0.05, 0) is 58.5 Å². The largest absolute Gasteiger partial charge is 0.507 e. The van der Waals surface area contributed by atoms with Crippen LogP contribution >= 0.6 is 0 Å². The number of aliphatic hydroxyl groups is 1. The van der Waals surface area contributed by atoms with Crippen molar-refractivity contribution < 1.29 is 23.8 Å². The molecule has 0 saturated carbocycles. The van der Waals surface area contributed by atoms with E-state index < -0.39 is 23.5 Å². The molecule has 35 heavy (non-hydrogen) atoms. The molecule has 6 nitrogen and oxygen atoms in total. The Hall–Kier alpha value is -4.00. The van der Waals surface area contributed by atoms with E-state index in [-0.39, 0.29) is 23.3 Å². The van der Waals surface area contributed by atoms with Crippen LogP contribution in [0.25, 0.3) is 5.76 Å². The highest BCUT2D eigenvalue weighted by molar-refractivity contribution is 6.46. The molecule has 0 aliphatic carbocycles. The molecule has 1 atom stereocenters. The molecular weight excluding hydrogens is 447 g/mol. The van der Waals surface area contributed by atoms with E-state index in [0.29, 0.717) is 22.4 Å². The van der Waals surface area contributed by atoms with Gasteiger partial charge in [-0.25, -0.2) is 4.39 Å². The van der Waals surface area contributed by atoms with Gasteiger partial charge in [0.15, 0.2) is 0 Å². The molecule has 1 fully saturated rings. The fourth-order valence-corrected chi connectivity index (χ4v) is 4.23. The minimum absolute atomic E-state index is 0.0346. The summed E-state index contributed by atoms with van der Waals surface area (Å²) < 4.78 is 18.9. The standard InChI is InChI=1S/C28H27FN2O4/c1-28(2,3)19-7-10-22(35-4)21(15-19)25(32)23-24(18-11-13-30-14-12-18)31(27(34)26(23)33)16-17-5-8-20(29)9-6-17/h5-15,24,32H,16H2,1-4H3/b25-23+. The Kier molecular flexibility index (Phi) is 6.43. The number of benzene rings is 2. The third-order valence-corrected chi connectivity index (χ3v) is 6.15. The fraction of sp³-hybridized carbons (Fsp3) is 0.250. The molecule has 0 spiro atoms. The molecule has 2 aromatic carbocycles. The van der Waals surface area contributed by atoms with E-state index in [1.807, 2.05) is 26.8 Å². The first-order chi connectivity index (χ1) is 16.6. The van der Waals surface area contributed by atoms with Gasteiger partial charge in [-0.1, -0.05) is 39.0 Å². The number of methoxy groups -OCH3 is 1. The Balaban J connectivity index is 1.90. The van der Waals surface area contributed by atoms with E-state index in [1.165, 1.54) is 24.1 Å². The first-order valence-corrected chi connectivity index (χ1v) is 11.2. The SMILES string of the molecule is COc1ccc(C(C)(C)C)cc1/C(O)=C1\C(=O)C(=O)N(Cc2ccc(F)cc2)C1c1ccncc1. The van der Waals surface area contributed by atoms with Crippen LogP contribution in [-0.2, 0) is 21.5 Å². The lowest BCUT2D eigenvalue weighted by Crippen LogP contribution is -2.29. The van der Waals surface area contributed by atoms with Crippen molar-refractivity contribution in [3.8, 4) is 5.75 Å². The summed E-state index contributed by atoms with van der Waals surface area (Å²) in [6, 6.07) is 13.7. The van der Waals surface area contributed by atoms with Crippen LogP contribution in [0, 0.1) is 5.82 Å². The molecule has 180 valence electrons. The van der Waals surface area contributed by atoms with Crippen molar-refractivity contribution in [1.29, 1.82) is 0 Å². The zero-order valence-electron chi connectivity index (χ0n) is 20.1. The molecule has 7 heteroatoms. The van der Waals surface area contributed by atoms with Crippen LogP contribution in [-0.4, -0.2) is 33.8 Å². The first kappa shape index (κ1) is 24.1. The first-order valence-electron chi connectivity index (χ1n) is 11.2. The summed E-state index contributed by atoms with van der Waals surface area (Å²) in [7, 11) is 1.48. The minimum Gasteiger partial charge on any atom is -0.507 e. The average Bonchev–Trinajstić information content (AvgIpc) is 3.09. The number of nitrogens with zero attached hydrogens (tertiary/aromatic N) is 2. The molecule has 3 aromatic rings. The van der Waals surface area contributed by atoms with Gasteiger partial charge in [-0.2, -0.15) is 0 Å². The van der Waals surface area contributed by atoms with Crippen LogP contribution in [0.1, 0.15) is 49.1 Å². The number of amides is 1. The number of hydrogen-bond acceptors (Lipinski definition) is 5. The van der Waals surface area contributed by atoms with Gasteiger partial charge in [-0.15, -0.1) is 0 Å². The highest BCUT2D eigenvalue weighted by atomic mass is 19.1. The Morgan fingerprint density at radius 3 is 2.31 bits per heavy atom. The Labute approximate surface area is 203 Å². The number of carbonyl (C=O) groups excluding carboxylic acids is 2. The predicted octanol–water partition coefficient (Wildman–Crippen LogP) is 5.15. The van der Waals surface area contributed by atoms with E-state index in [9.17, 15) is 19.1 Å². The number of ether oxygens (including phenoxy) is 1. The molecule has 1 aliphatic rings. The lowest BCUT2D eigenvalue weighted by Gasteiger charge is -2.26. The van der Waals surface area contributed by atoms with E-state index in [2.05, 4.69) is 4.98 Å². The van der Waals surface area contributed by atoms with Crippen molar-refractivity contribution in [3.63, 3.8) is 0 Å². The number of likely N-dealkylation sites (tertiary alicyclic amines) is 1. The van der Waals surface area contributed by atoms with Crippen molar-refractivity contribution in [3.05, 3.63) is 101 Å². The smallest absolute Gasteiger partial charge is 0.295 e. The summed E-state index contributed by atoms with van der Waals surface area (Å²) in [4.78, 5) is 31.9. The molecule has 0 radical (unpaired) electrons. The quantitative estimate of drug-likeness (QED) is 0.314. The summed E-state index contributed by atoms with van der Waals surface area (Å²) >= 11 is 0. The summed E-state index contributed by atoms with van der Waals surface area (Å²) in [6.45, 7) is 6.18. The van der Waals surface area contributed by atoms with Crippen LogP contribution < -0.4 is 4.74 Å². The van der Waals surface area contributed by atoms with Gasteiger partial charge >= 0.3 is 0 Å². The number of rotatable bonds is 5. The van der Waals surface area contributed by atoms with Gasteiger partial charge in [0, 0.05) is 18.9 Å². The molecule has 2 heterocycles. The minimum atomic E-state index is -0.856. The summed E-state index contributed by atoms with van der Waals surface area (Å²) in [6.07, 6.45) is 3.13. The van der Waals surface area contributed by atoms with E-state index in [4.69, 9.17) is 4.74 Å². The van der Waals surface area contributed by atoms with Crippen LogP contribution in [0.4, 0.5) is 4.39 Å². The highest BCUT2D eigenvalue weighted by Gasteiger charge is 2.46. The molecule has 1 amide bonds. The maximum Gasteiger partial charge on any atom is 0.295 e. The number of halogens is 1. The molecular formula is C28H27FN2O4. The molecule has 0 bridgehead atoms. The zero-order valence-corrected chi connectivity index (χ0v) is 20.1. The average molecular weight is 475 g/mol. The maximum atomic E-state index is 13.4. The van der Waals surface area contributed by atoms with Crippen molar-refractivity contribution in [1.82, 2.24) is 9.88 Å². The van der Waals surface area contributed by atoms with Crippen molar-refractivity contribution >= 4 is 17.4 Å². The van der Waals surface area contributed by atoms with Gasteiger partial charge in [-0.3, -0.25) is 14.6 Å². The number of Topliss-reactive ketones (excluding diaryl/α,β-unsaturated/α-hetero) is 1. The molecule has 1 saturated heterocycles. The van der Waals surface area contributed by atoms with Crippen LogP contribution in [0.2, 0.25) is 0 Å². The monoisotopic (exact) mass is 474 g/mol. The normalized spacial score (nSPS) is 17.6.